The van der Waals surface area contributed by atoms with Gasteiger partial charge in [0, 0.05) is 44.8 Å². The molecule has 0 spiro atoms. The lowest BCUT2D eigenvalue weighted by molar-refractivity contribution is -0.112. The number of hydrogen-bond donors (Lipinski definition) is 2. The van der Waals surface area contributed by atoms with Crippen molar-refractivity contribution in [1.29, 1.82) is 0 Å². The van der Waals surface area contributed by atoms with Crippen molar-refractivity contribution in [3.05, 3.63) is 48.8 Å². The molecule has 192 valence electrons. The fourth-order valence-electron chi connectivity index (χ4n) is 3.91. The van der Waals surface area contributed by atoms with Crippen LogP contribution in [0.15, 0.2) is 48.8 Å². The maximum absolute atomic E-state index is 12.3. The SMILES string of the molecule is COC(Cn1nnc2c(N3CCOCC3)nc(-c3ccc(NC(=O)Nc4cccnc4)cc3)nc21)OC. The first kappa shape index (κ1) is 24.5. The molecule has 0 aliphatic carbocycles. The lowest BCUT2D eigenvalue weighted by Gasteiger charge is -2.28. The summed E-state index contributed by atoms with van der Waals surface area (Å²) in [5.41, 5.74) is 3.17. The van der Waals surface area contributed by atoms with Crippen LogP contribution in [0.5, 0.6) is 0 Å². The zero-order chi connectivity index (χ0) is 25.6. The summed E-state index contributed by atoms with van der Waals surface area (Å²) in [4.78, 5) is 28.1. The highest BCUT2D eigenvalue weighted by Gasteiger charge is 2.23. The highest BCUT2D eigenvalue weighted by molar-refractivity contribution is 5.99. The topological polar surface area (TPSA) is 141 Å². The van der Waals surface area contributed by atoms with Crippen molar-refractivity contribution < 1.29 is 19.0 Å². The molecule has 1 saturated heterocycles. The van der Waals surface area contributed by atoms with Crippen LogP contribution in [0.2, 0.25) is 0 Å². The molecule has 0 saturated carbocycles. The molecule has 4 aromatic rings. The molecule has 37 heavy (non-hydrogen) atoms. The van der Waals surface area contributed by atoms with Gasteiger partial charge in [-0.05, 0) is 36.4 Å². The third kappa shape index (κ3) is 5.63. The Hall–Kier alpha value is -4.20. The fraction of sp³-hybridized carbons (Fsp3) is 0.333. The second-order valence-electron chi connectivity index (χ2n) is 8.21. The third-order valence-corrected chi connectivity index (χ3v) is 5.82. The Labute approximate surface area is 212 Å². The van der Waals surface area contributed by atoms with E-state index < -0.39 is 6.29 Å². The number of ether oxygens (including phenoxy) is 3. The van der Waals surface area contributed by atoms with Gasteiger partial charge in [0.15, 0.2) is 29.1 Å². The normalized spacial score (nSPS) is 13.8. The first-order valence-electron chi connectivity index (χ1n) is 11.7. The number of carbonyl (C=O) groups excluding carboxylic acids is 1. The lowest BCUT2D eigenvalue weighted by Crippen LogP contribution is -2.37. The molecular weight excluding hydrogens is 478 g/mol. The summed E-state index contributed by atoms with van der Waals surface area (Å²) in [6.07, 6.45) is 2.71. The summed E-state index contributed by atoms with van der Waals surface area (Å²) < 4.78 is 17.9. The predicted octanol–water partition coefficient (Wildman–Crippen LogP) is 2.38. The molecular formula is C24H27N9O4. The van der Waals surface area contributed by atoms with Crippen LogP contribution in [-0.2, 0) is 20.8 Å². The average Bonchev–Trinajstić information content (AvgIpc) is 3.35. The molecule has 1 aliphatic rings. The zero-order valence-electron chi connectivity index (χ0n) is 20.5. The van der Waals surface area contributed by atoms with E-state index in [4.69, 9.17) is 24.2 Å². The summed E-state index contributed by atoms with van der Waals surface area (Å²) in [6, 6.07) is 10.4. The first-order valence-corrected chi connectivity index (χ1v) is 11.7. The maximum atomic E-state index is 12.3. The number of anilines is 3. The standard InChI is InChI=1S/C24H27N9O4/c1-35-19(36-2)15-33-23-20(30-31-33)22(32-10-12-37-13-11-32)28-21(29-23)16-5-7-17(8-6-16)26-24(34)27-18-4-3-9-25-14-18/h3-9,14,19H,10-13,15H2,1-2H3,(H2,26,27,34). The first-order chi connectivity index (χ1) is 18.1. The minimum absolute atomic E-state index is 0.317. The van der Waals surface area contributed by atoms with Gasteiger partial charge in [-0.2, -0.15) is 0 Å². The Bertz CT molecular complexity index is 1340. The quantitative estimate of drug-likeness (QED) is 0.343. The van der Waals surface area contributed by atoms with E-state index in [0.29, 0.717) is 67.0 Å². The van der Waals surface area contributed by atoms with Crippen molar-refractivity contribution in [1.82, 2.24) is 29.9 Å². The number of hydrogen-bond acceptors (Lipinski definition) is 10. The lowest BCUT2D eigenvalue weighted by atomic mass is 10.2. The Morgan fingerprint density at radius 1 is 1.05 bits per heavy atom. The van der Waals surface area contributed by atoms with Crippen LogP contribution < -0.4 is 15.5 Å². The number of benzene rings is 1. The number of urea groups is 1. The van der Waals surface area contributed by atoms with E-state index in [1.807, 2.05) is 12.1 Å². The molecule has 1 aromatic carbocycles. The van der Waals surface area contributed by atoms with E-state index in [-0.39, 0.29) is 6.03 Å². The Kier molecular flexibility index (Phi) is 7.44. The van der Waals surface area contributed by atoms with Gasteiger partial charge < -0.3 is 29.7 Å². The summed E-state index contributed by atoms with van der Waals surface area (Å²) in [5.74, 6) is 1.20. The monoisotopic (exact) mass is 505 g/mol. The highest BCUT2D eigenvalue weighted by Crippen LogP contribution is 2.27. The highest BCUT2D eigenvalue weighted by atomic mass is 16.7. The van der Waals surface area contributed by atoms with Crippen LogP contribution in [0.3, 0.4) is 0 Å². The van der Waals surface area contributed by atoms with Crippen LogP contribution in [0.4, 0.5) is 22.0 Å². The third-order valence-electron chi connectivity index (χ3n) is 5.82. The smallest absolute Gasteiger partial charge is 0.323 e. The Morgan fingerprint density at radius 2 is 1.81 bits per heavy atom. The minimum Gasteiger partial charge on any atom is -0.378 e. The molecule has 5 rings (SSSR count). The number of methoxy groups -OCH3 is 2. The molecule has 13 nitrogen and oxygen atoms in total. The van der Waals surface area contributed by atoms with E-state index in [9.17, 15) is 4.79 Å². The van der Waals surface area contributed by atoms with Crippen molar-refractivity contribution in [3.8, 4) is 11.4 Å². The minimum atomic E-state index is -0.502. The molecule has 4 heterocycles. The predicted molar refractivity (Wildman–Crippen MR) is 136 cm³/mol. The molecule has 0 bridgehead atoms. The molecule has 1 aliphatic heterocycles. The molecule has 2 N–H and O–H groups in total. The summed E-state index contributed by atoms with van der Waals surface area (Å²) in [7, 11) is 3.14. The molecule has 0 unspecified atom stereocenters. The number of nitrogens with zero attached hydrogens (tertiary/aromatic N) is 7. The Balaban J connectivity index is 1.43. The van der Waals surface area contributed by atoms with Gasteiger partial charge in [0.25, 0.3) is 0 Å². The number of aromatic nitrogens is 6. The van der Waals surface area contributed by atoms with E-state index in [2.05, 4.69) is 30.8 Å². The van der Waals surface area contributed by atoms with Crippen molar-refractivity contribution in [2.24, 2.45) is 0 Å². The summed E-state index contributed by atoms with van der Waals surface area (Å²) in [6.45, 7) is 2.90. The second-order valence-corrected chi connectivity index (χ2v) is 8.21. The summed E-state index contributed by atoms with van der Waals surface area (Å²) in [5, 5.41) is 14.2. The van der Waals surface area contributed by atoms with Gasteiger partial charge in [-0.25, -0.2) is 19.4 Å². The second kappa shape index (κ2) is 11.2. The number of fused-ring (bicyclic) bond motifs is 1. The average molecular weight is 506 g/mol. The van der Waals surface area contributed by atoms with E-state index >= 15 is 0 Å². The van der Waals surface area contributed by atoms with Gasteiger partial charge in [-0.1, -0.05) is 5.21 Å². The van der Waals surface area contributed by atoms with Crippen LogP contribution in [0.1, 0.15) is 0 Å². The van der Waals surface area contributed by atoms with Crippen molar-refractivity contribution in [3.63, 3.8) is 0 Å². The number of morpholine rings is 1. The van der Waals surface area contributed by atoms with Gasteiger partial charge in [0.2, 0.25) is 0 Å². The van der Waals surface area contributed by atoms with Crippen LogP contribution in [0, 0.1) is 0 Å². The maximum Gasteiger partial charge on any atom is 0.323 e. The molecule has 3 aromatic heterocycles. The molecule has 0 radical (unpaired) electrons. The van der Waals surface area contributed by atoms with Gasteiger partial charge >= 0.3 is 6.03 Å². The number of carbonyl (C=O) groups is 1. The molecule has 0 atom stereocenters. The number of amides is 2. The van der Waals surface area contributed by atoms with Gasteiger partial charge in [-0.15, -0.1) is 5.10 Å². The van der Waals surface area contributed by atoms with Crippen LogP contribution >= 0.6 is 0 Å². The number of rotatable bonds is 8. The summed E-state index contributed by atoms with van der Waals surface area (Å²) >= 11 is 0. The van der Waals surface area contributed by atoms with Crippen molar-refractivity contribution in [2.75, 3.05) is 56.1 Å². The van der Waals surface area contributed by atoms with E-state index in [1.54, 1.807) is 55.6 Å². The molecule has 2 amide bonds. The van der Waals surface area contributed by atoms with Gasteiger partial charge in [-0.3, -0.25) is 4.98 Å². The van der Waals surface area contributed by atoms with E-state index in [0.717, 1.165) is 5.56 Å². The Morgan fingerprint density at radius 3 is 2.51 bits per heavy atom. The zero-order valence-corrected chi connectivity index (χ0v) is 20.5. The van der Waals surface area contributed by atoms with Crippen LogP contribution in [-0.4, -0.2) is 82.8 Å². The van der Waals surface area contributed by atoms with Gasteiger partial charge in [0.1, 0.15) is 0 Å². The van der Waals surface area contributed by atoms with Gasteiger partial charge in [0.05, 0.1) is 31.6 Å². The van der Waals surface area contributed by atoms with Crippen LogP contribution in [0.25, 0.3) is 22.6 Å². The largest absolute Gasteiger partial charge is 0.378 e. The van der Waals surface area contributed by atoms with Crippen molar-refractivity contribution >= 4 is 34.4 Å². The molecule has 13 heteroatoms. The molecule has 1 fully saturated rings. The van der Waals surface area contributed by atoms with Crippen molar-refractivity contribution in [2.45, 2.75) is 12.8 Å². The number of pyridine rings is 1. The number of nitrogens with one attached hydrogen (secondary N) is 2. The fourth-order valence-corrected chi connectivity index (χ4v) is 3.91. The van der Waals surface area contributed by atoms with E-state index in [1.165, 1.54) is 0 Å².